The van der Waals surface area contributed by atoms with Gasteiger partial charge >= 0.3 is 0 Å². The summed E-state index contributed by atoms with van der Waals surface area (Å²) in [5.41, 5.74) is 18.3. The van der Waals surface area contributed by atoms with E-state index in [-0.39, 0.29) is 5.41 Å². The average molecular weight is 943 g/mol. The molecule has 71 heavy (non-hydrogen) atoms. The van der Waals surface area contributed by atoms with Gasteiger partial charge in [-0.15, -0.1) is 11.3 Å². The molecular weight excluding hydrogens is 877 g/mol. The first kappa shape index (κ1) is 45.6. The monoisotopic (exact) mass is 942 g/mol. The van der Waals surface area contributed by atoms with Gasteiger partial charge in [0.05, 0.1) is 0 Å². The standard InChI is InChI=1S/C69H66OS/c1-5-7-9-11-13-19-34-69(35-20-14-12-10-8-6-2)63-36-45(3)28-31-56(63)57-32-29-48(42-64(57)69)51-37-50(38-52(39-51)55-26-21-25-54-46(4)53-23-16-15-22-49(53)41-59(54)55)47-30-33-67-61(40-47)62-43-60-58-24-17-18-27-65(58)70-66(60)44-68(62)71-67/h15-18,21-33,36-44H,5-14,19-20,34-35H2,1-4H3. The topological polar surface area (TPSA) is 13.1 Å². The summed E-state index contributed by atoms with van der Waals surface area (Å²) in [6.45, 7) is 9.25. The predicted molar refractivity (Wildman–Crippen MR) is 310 cm³/mol. The number of thiophene rings is 1. The smallest absolute Gasteiger partial charge is 0.136 e. The van der Waals surface area contributed by atoms with Crippen LogP contribution >= 0.6 is 11.3 Å². The third-order valence-corrected chi connectivity index (χ3v) is 17.6. The average Bonchev–Trinajstić information content (AvgIpc) is 4.04. The van der Waals surface area contributed by atoms with Crippen molar-refractivity contribution >= 4 is 75.0 Å². The van der Waals surface area contributed by atoms with Crippen LogP contribution in [0.5, 0.6) is 0 Å². The molecule has 2 heteroatoms. The van der Waals surface area contributed by atoms with E-state index in [4.69, 9.17) is 4.42 Å². The highest BCUT2D eigenvalue weighted by Gasteiger charge is 2.42. The number of benzene rings is 9. The lowest BCUT2D eigenvalue weighted by atomic mass is 9.70. The molecule has 0 fully saturated rings. The molecule has 0 bridgehead atoms. The Bertz CT molecular complexity index is 3770. The first-order valence-corrected chi connectivity index (χ1v) is 27.8. The summed E-state index contributed by atoms with van der Waals surface area (Å²) in [6.07, 6.45) is 18.2. The Labute approximate surface area is 424 Å². The number of furan rings is 1. The third kappa shape index (κ3) is 8.27. The molecule has 0 radical (unpaired) electrons. The lowest BCUT2D eigenvalue weighted by Gasteiger charge is -2.33. The molecule has 1 aliphatic carbocycles. The number of aryl methyl sites for hydroxylation is 2. The van der Waals surface area contributed by atoms with E-state index >= 15 is 0 Å². The van der Waals surface area contributed by atoms with E-state index in [1.165, 1.54) is 198 Å². The zero-order chi connectivity index (χ0) is 48.1. The second-order valence-corrected chi connectivity index (χ2v) is 22.2. The molecule has 12 rings (SSSR count). The highest BCUT2D eigenvalue weighted by Crippen LogP contribution is 2.56. The van der Waals surface area contributed by atoms with Gasteiger partial charge in [0.1, 0.15) is 11.2 Å². The molecule has 0 amide bonds. The molecular formula is C69H66OS. The van der Waals surface area contributed by atoms with Crippen LogP contribution in [0.25, 0.3) is 108 Å². The van der Waals surface area contributed by atoms with Gasteiger partial charge in [-0.1, -0.05) is 194 Å². The third-order valence-electron chi connectivity index (χ3n) is 16.5. The Morgan fingerprint density at radius 3 is 1.77 bits per heavy atom. The summed E-state index contributed by atoms with van der Waals surface area (Å²) < 4.78 is 8.93. The number of unbranched alkanes of at least 4 members (excludes halogenated alkanes) is 10. The van der Waals surface area contributed by atoms with E-state index in [2.05, 4.69) is 185 Å². The summed E-state index contributed by atoms with van der Waals surface area (Å²) in [5.74, 6) is 0. The van der Waals surface area contributed by atoms with E-state index in [1.54, 1.807) is 11.1 Å². The van der Waals surface area contributed by atoms with Crippen LogP contribution in [-0.2, 0) is 5.41 Å². The minimum absolute atomic E-state index is 0.00758. The Balaban J connectivity index is 1.03. The zero-order valence-corrected chi connectivity index (χ0v) is 43.0. The van der Waals surface area contributed by atoms with Gasteiger partial charge in [-0.2, -0.15) is 0 Å². The number of fused-ring (bicyclic) bond motifs is 11. The lowest BCUT2D eigenvalue weighted by Crippen LogP contribution is -2.25. The molecule has 354 valence electrons. The van der Waals surface area contributed by atoms with Gasteiger partial charge in [0.25, 0.3) is 0 Å². The Morgan fingerprint density at radius 2 is 1.00 bits per heavy atom. The van der Waals surface area contributed by atoms with Crippen LogP contribution in [0.2, 0.25) is 0 Å². The highest BCUT2D eigenvalue weighted by molar-refractivity contribution is 7.25. The van der Waals surface area contributed by atoms with Gasteiger partial charge in [-0.3, -0.25) is 0 Å². The largest absolute Gasteiger partial charge is 0.456 e. The van der Waals surface area contributed by atoms with Crippen molar-refractivity contribution in [3.05, 3.63) is 180 Å². The van der Waals surface area contributed by atoms with E-state index in [0.29, 0.717) is 0 Å². The summed E-state index contributed by atoms with van der Waals surface area (Å²) in [4.78, 5) is 0. The first-order valence-electron chi connectivity index (χ1n) is 27.0. The van der Waals surface area contributed by atoms with Gasteiger partial charge in [-0.05, 0) is 170 Å². The molecule has 1 aliphatic rings. The first-order chi connectivity index (χ1) is 34.9. The molecule has 9 aromatic carbocycles. The van der Waals surface area contributed by atoms with Crippen molar-refractivity contribution in [1.29, 1.82) is 0 Å². The summed E-state index contributed by atoms with van der Waals surface area (Å²) in [6, 6.07) is 60.9. The molecule has 1 nitrogen and oxygen atoms in total. The molecule has 2 aromatic heterocycles. The van der Waals surface area contributed by atoms with E-state index in [1.807, 2.05) is 11.3 Å². The van der Waals surface area contributed by atoms with Crippen molar-refractivity contribution in [2.45, 2.75) is 123 Å². The Hall–Kier alpha value is -6.48. The maximum Gasteiger partial charge on any atom is 0.136 e. The summed E-state index contributed by atoms with van der Waals surface area (Å²) in [5, 5.41) is 10.2. The molecule has 0 aliphatic heterocycles. The molecule has 0 saturated carbocycles. The minimum atomic E-state index is 0.00758. The van der Waals surface area contributed by atoms with Crippen LogP contribution < -0.4 is 0 Å². The van der Waals surface area contributed by atoms with Crippen molar-refractivity contribution in [2.75, 3.05) is 0 Å². The number of hydrogen-bond donors (Lipinski definition) is 0. The lowest BCUT2D eigenvalue weighted by molar-refractivity contribution is 0.398. The number of hydrogen-bond acceptors (Lipinski definition) is 2. The van der Waals surface area contributed by atoms with Crippen molar-refractivity contribution in [1.82, 2.24) is 0 Å². The van der Waals surface area contributed by atoms with Crippen molar-refractivity contribution < 1.29 is 4.42 Å². The fraction of sp³-hybridized carbons (Fsp3) is 0.275. The molecule has 0 unspecified atom stereocenters. The molecule has 11 aromatic rings. The molecule has 0 N–H and O–H groups in total. The Kier molecular flexibility index (Phi) is 12.4. The molecule has 2 heterocycles. The van der Waals surface area contributed by atoms with E-state index < -0.39 is 0 Å². The highest BCUT2D eigenvalue weighted by atomic mass is 32.1. The summed E-state index contributed by atoms with van der Waals surface area (Å²) in [7, 11) is 0. The fourth-order valence-electron chi connectivity index (χ4n) is 12.7. The van der Waals surface area contributed by atoms with Crippen LogP contribution in [0.15, 0.2) is 162 Å². The molecule has 0 atom stereocenters. The van der Waals surface area contributed by atoms with E-state index in [0.717, 1.165) is 11.2 Å². The van der Waals surface area contributed by atoms with Crippen LogP contribution in [0.3, 0.4) is 0 Å². The van der Waals surface area contributed by atoms with E-state index in [9.17, 15) is 0 Å². The number of para-hydroxylation sites is 1. The minimum Gasteiger partial charge on any atom is -0.456 e. The quantitative estimate of drug-likeness (QED) is 0.0655. The van der Waals surface area contributed by atoms with Gasteiger partial charge in [0.2, 0.25) is 0 Å². The normalized spacial score (nSPS) is 13.1. The molecule has 0 spiro atoms. The van der Waals surface area contributed by atoms with Crippen LogP contribution in [0.1, 0.15) is 126 Å². The maximum atomic E-state index is 6.37. The summed E-state index contributed by atoms with van der Waals surface area (Å²) >= 11 is 1.86. The van der Waals surface area contributed by atoms with Crippen LogP contribution in [0, 0.1) is 13.8 Å². The fourth-order valence-corrected chi connectivity index (χ4v) is 13.8. The van der Waals surface area contributed by atoms with Crippen molar-refractivity contribution in [3.63, 3.8) is 0 Å². The van der Waals surface area contributed by atoms with Gasteiger partial charge < -0.3 is 4.42 Å². The number of rotatable bonds is 17. The van der Waals surface area contributed by atoms with Gasteiger partial charge in [-0.25, -0.2) is 0 Å². The SMILES string of the molecule is CCCCCCCCC1(CCCCCCCC)c2cc(C)ccc2-c2ccc(-c3cc(-c4ccc5sc6cc7oc8ccccc8c7cc6c5c4)cc(-c4cccc5c(C)c6ccccc6cc45)c3)cc21. The Morgan fingerprint density at radius 1 is 0.380 bits per heavy atom. The molecule has 0 saturated heterocycles. The zero-order valence-electron chi connectivity index (χ0n) is 42.2. The second kappa shape index (κ2) is 19.3. The van der Waals surface area contributed by atoms with Gasteiger partial charge in [0, 0.05) is 36.4 Å². The predicted octanol–water partition coefficient (Wildman–Crippen LogP) is 21.6. The van der Waals surface area contributed by atoms with Crippen LogP contribution in [-0.4, -0.2) is 0 Å². The second-order valence-electron chi connectivity index (χ2n) is 21.1. The maximum absolute atomic E-state index is 6.37. The van der Waals surface area contributed by atoms with Crippen LogP contribution in [0.4, 0.5) is 0 Å². The van der Waals surface area contributed by atoms with Crippen molar-refractivity contribution in [2.24, 2.45) is 0 Å². The van der Waals surface area contributed by atoms with Crippen molar-refractivity contribution in [3.8, 4) is 44.5 Å². The van der Waals surface area contributed by atoms with Gasteiger partial charge in [0.15, 0.2) is 0 Å².